The van der Waals surface area contributed by atoms with Crippen LogP contribution in [0.2, 0.25) is 0 Å². The Morgan fingerprint density at radius 2 is 2.28 bits per heavy atom. The first kappa shape index (κ1) is 12.5. The van der Waals surface area contributed by atoms with Gasteiger partial charge in [-0.25, -0.2) is 0 Å². The average Bonchev–Trinajstić information content (AvgIpc) is 2.82. The highest BCUT2D eigenvalue weighted by atomic mass is 16.3. The van der Waals surface area contributed by atoms with Crippen LogP contribution in [-0.4, -0.2) is 39.0 Å². The van der Waals surface area contributed by atoms with Crippen molar-refractivity contribution in [3.63, 3.8) is 0 Å². The van der Waals surface area contributed by atoms with Gasteiger partial charge in [0.15, 0.2) is 0 Å². The standard InChI is InChI=1S/C12H15N3O3/c1-7(16)13-6-11(17)12(18)8-3-2-4-10-9(8)5-14-15-10/h2-5,11-12,17-18H,6H2,1H3,(H,13,16)(H,14,15). The Kier molecular flexibility index (Phi) is 3.59. The third kappa shape index (κ3) is 2.49. The first-order valence-electron chi connectivity index (χ1n) is 5.62. The first-order chi connectivity index (χ1) is 8.59. The summed E-state index contributed by atoms with van der Waals surface area (Å²) >= 11 is 0. The van der Waals surface area contributed by atoms with E-state index in [1.807, 2.05) is 6.07 Å². The molecule has 2 unspecified atom stereocenters. The molecule has 2 rings (SSSR count). The van der Waals surface area contributed by atoms with Crippen LogP contribution in [0.1, 0.15) is 18.6 Å². The van der Waals surface area contributed by atoms with Crippen LogP contribution in [0.15, 0.2) is 24.4 Å². The van der Waals surface area contributed by atoms with E-state index in [4.69, 9.17) is 0 Å². The fourth-order valence-corrected chi connectivity index (χ4v) is 1.82. The third-order valence-electron chi connectivity index (χ3n) is 2.76. The van der Waals surface area contributed by atoms with E-state index in [-0.39, 0.29) is 12.5 Å². The number of nitrogens with zero attached hydrogens (tertiary/aromatic N) is 1. The number of hydrogen-bond acceptors (Lipinski definition) is 4. The van der Waals surface area contributed by atoms with Crippen molar-refractivity contribution in [2.75, 3.05) is 6.54 Å². The molecule has 0 bridgehead atoms. The molecular formula is C12H15N3O3. The SMILES string of the molecule is CC(=O)NCC(O)C(O)c1cccc2[nH]ncc12. The first-order valence-corrected chi connectivity index (χ1v) is 5.62. The van der Waals surface area contributed by atoms with Gasteiger partial charge in [0.2, 0.25) is 5.91 Å². The zero-order chi connectivity index (χ0) is 13.1. The number of aliphatic hydroxyl groups excluding tert-OH is 2. The molecule has 0 spiro atoms. The van der Waals surface area contributed by atoms with Gasteiger partial charge in [-0.15, -0.1) is 0 Å². The molecule has 1 aromatic heterocycles. The molecule has 6 nitrogen and oxygen atoms in total. The van der Waals surface area contributed by atoms with Gasteiger partial charge < -0.3 is 15.5 Å². The van der Waals surface area contributed by atoms with Crippen LogP contribution in [0.4, 0.5) is 0 Å². The van der Waals surface area contributed by atoms with Gasteiger partial charge in [0, 0.05) is 18.9 Å². The van der Waals surface area contributed by atoms with Gasteiger partial charge in [-0.1, -0.05) is 12.1 Å². The van der Waals surface area contributed by atoms with Gasteiger partial charge in [0.1, 0.15) is 12.2 Å². The molecule has 1 aromatic carbocycles. The predicted molar refractivity (Wildman–Crippen MR) is 65.7 cm³/mol. The topological polar surface area (TPSA) is 98.2 Å². The summed E-state index contributed by atoms with van der Waals surface area (Å²) in [4.78, 5) is 10.8. The largest absolute Gasteiger partial charge is 0.388 e. The van der Waals surface area contributed by atoms with E-state index in [0.29, 0.717) is 5.56 Å². The van der Waals surface area contributed by atoms with Crippen LogP contribution in [0.5, 0.6) is 0 Å². The Morgan fingerprint density at radius 1 is 1.50 bits per heavy atom. The number of carbonyl (C=O) groups excluding carboxylic acids is 1. The summed E-state index contributed by atoms with van der Waals surface area (Å²) in [5, 5.41) is 29.8. The molecule has 0 radical (unpaired) electrons. The van der Waals surface area contributed by atoms with Gasteiger partial charge in [-0.3, -0.25) is 9.89 Å². The maximum Gasteiger partial charge on any atom is 0.216 e. The average molecular weight is 249 g/mol. The second kappa shape index (κ2) is 5.16. The monoisotopic (exact) mass is 249 g/mol. The number of aromatic amines is 1. The van der Waals surface area contributed by atoms with Crippen LogP contribution >= 0.6 is 0 Å². The summed E-state index contributed by atoms with van der Waals surface area (Å²) in [7, 11) is 0. The Bertz CT molecular complexity index is 552. The molecule has 18 heavy (non-hydrogen) atoms. The van der Waals surface area contributed by atoms with Crippen molar-refractivity contribution >= 4 is 16.8 Å². The fraction of sp³-hybridized carbons (Fsp3) is 0.333. The van der Waals surface area contributed by atoms with Crippen molar-refractivity contribution < 1.29 is 15.0 Å². The molecule has 2 aromatic rings. The maximum absolute atomic E-state index is 10.8. The number of H-pyrrole nitrogens is 1. The van der Waals surface area contributed by atoms with Crippen LogP contribution in [-0.2, 0) is 4.79 Å². The number of carbonyl (C=O) groups is 1. The second-order valence-electron chi connectivity index (χ2n) is 4.13. The van der Waals surface area contributed by atoms with Gasteiger partial charge in [0.05, 0.1) is 11.7 Å². The predicted octanol–water partition coefficient (Wildman–Crippen LogP) is 0.0933. The molecule has 0 aliphatic rings. The van der Waals surface area contributed by atoms with Crippen LogP contribution in [0, 0.1) is 0 Å². The lowest BCUT2D eigenvalue weighted by molar-refractivity contribution is -0.119. The van der Waals surface area contributed by atoms with E-state index < -0.39 is 12.2 Å². The third-order valence-corrected chi connectivity index (χ3v) is 2.76. The minimum atomic E-state index is -1.07. The van der Waals surface area contributed by atoms with E-state index >= 15 is 0 Å². The van der Waals surface area contributed by atoms with Crippen LogP contribution in [0.25, 0.3) is 10.9 Å². The summed E-state index contributed by atoms with van der Waals surface area (Å²) < 4.78 is 0. The molecule has 0 aliphatic carbocycles. The number of amides is 1. The number of aliphatic hydroxyl groups is 2. The van der Waals surface area contributed by atoms with Gasteiger partial charge in [-0.2, -0.15) is 5.10 Å². The molecule has 6 heteroatoms. The van der Waals surface area contributed by atoms with E-state index in [9.17, 15) is 15.0 Å². The Morgan fingerprint density at radius 3 is 3.00 bits per heavy atom. The van der Waals surface area contributed by atoms with Crippen molar-refractivity contribution in [2.45, 2.75) is 19.1 Å². The Labute approximate surface area is 104 Å². The van der Waals surface area contributed by atoms with Crippen molar-refractivity contribution in [1.82, 2.24) is 15.5 Å². The summed E-state index contributed by atoms with van der Waals surface area (Å²) in [5.74, 6) is -0.247. The minimum Gasteiger partial charge on any atom is -0.388 e. The number of benzene rings is 1. The number of nitrogens with one attached hydrogen (secondary N) is 2. The van der Waals surface area contributed by atoms with Gasteiger partial charge >= 0.3 is 0 Å². The van der Waals surface area contributed by atoms with Crippen molar-refractivity contribution in [1.29, 1.82) is 0 Å². The summed E-state index contributed by atoms with van der Waals surface area (Å²) in [5.41, 5.74) is 1.37. The molecule has 0 aliphatic heterocycles. The molecule has 1 amide bonds. The lowest BCUT2D eigenvalue weighted by Crippen LogP contribution is -2.34. The van der Waals surface area contributed by atoms with Crippen molar-refractivity contribution in [3.8, 4) is 0 Å². The highest BCUT2D eigenvalue weighted by Gasteiger charge is 2.20. The van der Waals surface area contributed by atoms with Crippen molar-refractivity contribution in [3.05, 3.63) is 30.0 Å². The quantitative estimate of drug-likeness (QED) is 0.617. The van der Waals surface area contributed by atoms with Crippen LogP contribution < -0.4 is 5.32 Å². The lowest BCUT2D eigenvalue weighted by atomic mass is 10.0. The van der Waals surface area contributed by atoms with E-state index in [1.54, 1.807) is 18.3 Å². The molecule has 96 valence electrons. The normalized spacial score (nSPS) is 14.4. The number of hydrogen-bond donors (Lipinski definition) is 4. The summed E-state index contributed by atoms with van der Waals surface area (Å²) in [6.45, 7) is 1.36. The van der Waals surface area contributed by atoms with E-state index in [2.05, 4.69) is 15.5 Å². The molecule has 0 fully saturated rings. The molecule has 0 saturated carbocycles. The fourth-order valence-electron chi connectivity index (χ4n) is 1.82. The number of aromatic nitrogens is 2. The van der Waals surface area contributed by atoms with Crippen molar-refractivity contribution in [2.24, 2.45) is 0 Å². The zero-order valence-electron chi connectivity index (χ0n) is 9.92. The smallest absolute Gasteiger partial charge is 0.216 e. The zero-order valence-corrected chi connectivity index (χ0v) is 9.92. The van der Waals surface area contributed by atoms with Gasteiger partial charge in [0.25, 0.3) is 0 Å². The molecule has 0 saturated heterocycles. The number of rotatable bonds is 4. The molecule has 2 atom stereocenters. The Hall–Kier alpha value is -1.92. The highest BCUT2D eigenvalue weighted by Crippen LogP contribution is 2.24. The molecule has 4 N–H and O–H groups in total. The van der Waals surface area contributed by atoms with E-state index in [0.717, 1.165) is 10.9 Å². The summed E-state index contributed by atoms with van der Waals surface area (Å²) in [6.07, 6.45) is -0.536. The number of fused-ring (bicyclic) bond motifs is 1. The van der Waals surface area contributed by atoms with Crippen LogP contribution in [0.3, 0.4) is 0 Å². The van der Waals surface area contributed by atoms with E-state index in [1.165, 1.54) is 6.92 Å². The lowest BCUT2D eigenvalue weighted by Gasteiger charge is -2.18. The molecule has 1 heterocycles. The maximum atomic E-state index is 10.8. The molecular weight excluding hydrogens is 234 g/mol. The van der Waals surface area contributed by atoms with Gasteiger partial charge in [-0.05, 0) is 11.6 Å². The second-order valence-corrected chi connectivity index (χ2v) is 4.13. The minimum absolute atomic E-state index is 0.00470. The summed E-state index contributed by atoms with van der Waals surface area (Å²) in [6, 6.07) is 5.32. The Balaban J connectivity index is 2.19. The highest BCUT2D eigenvalue weighted by molar-refractivity contribution is 5.82.